The van der Waals surface area contributed by atoms with Gasteiger partial charge in [-0.2, -0.15) is 0 Å². The summed E-state index contributed by atoms with van der Waals surface area (Å²) in [6.07, 6.45) is 5.95. The number of carbonyl (C=O) groups excluding carboxylic acids is 2. The first-order valence-electron chi connectivity index (χ1n) is 16.2. The van der Waals surface area contributed by atoms with E-state index in [1.807, 2.05) is 0 Å². The van der Waals surface area contributed by atoms with Crippen LogP contribution in [0.4, 0.5) is 0 Å². The van der Waals surface area contributed by atoms with Gasteiger partial charge in [0.15, 0.2) is 0 Å². The van der Waals surface area contributed by atoms with Crippen molar-refractivity contribution in [3.8, 4) is 0 Å². The van der Waals surface area contributed by atoms with E-state index in [1.54, 1.807) is 0 Å². The summed E-state index contributed by atoms with van der Waals surface area (Å²) in [7, 11) is 0. The molecule has 0 aliphatic heterocycles. The van der Waals surface area contributed by atoms with Crippen molar-refractivity contribution in [2.24, 2.45) is 0 Å². The van der Waals surface area contributed by atoms with Crippen molar-refractivity contribution in [2.45, 2.75) is 64.7 Å². The van der Waals surface area contributed by atoms with Crippen molar-refractivity contribution in [3.63, 3.8) is 0 Å². The molecular formula is C31H58O14. The van der Waals surface area contributed by atoms with Gasteiger partial charge in [-0.15, -0.1) is 0 Å². The summed E-state index contributed by atoms with van der Waals surface area (Å²) in [4.78, 5) is 33.4. The van der Waals surface area contributed by atoms with Crippen LogP contribution in [0.3, 0.4) is 0 Å². The Hall–Kier alpha value is -1.91. The Morgan fingerprint density at radius 3 is 0.933 bits per heavy atom. The molecule has 45 heavy (non-hydrogen) atoms. The summed E-state index contributed by atoms with van der Waals surface area (Å²) in [5, 5.41) is 8.54. The van der Waals surface area contributed by atoms with Gasteiger partial charge in [-0.05, 0) is 19.3 Å². The second-order valence-corrected chi connectivity index (χ2v) is 9.75. The SMILES string of the molecule is CCCCCCC(=O)OCCOCCOCCOCCOCCOCCOCCOCCOCCOC(=O)CCCCC(=O)O. The van der Waals surface area contributed by atoms with Crippen molar-refractivity contribution >= 4 is 17.9 Å². The summed E-state index contributed by atoms with van der Waals surface area (Å²) in [6.45, 7) is 9.56. The minimum Gasteiger partial charge on any atom is -0.481 e. The first-order valence-corrected chi connectivity index (χ1v) is 16.2. The molecule has 1 N–H and O–H groups in total. The third-order valence-electron chi connectivity index (χ3n) is 5.84. The van der Waals surface area contributed by atoms with Crippen LogP contribution < -0.4 is 0 Å². The van der Waals surface area contributed by atoms with Crippen molar-refractivity contribution < 1.29 is 66.9 Å². The van der Waals surface area contributed by atoms with Gasteiger partial charge in [-0.3, -0.25) is 14.4 Å². The standard InChI is InChI=1S/C31H58O14/c1-2-3-4-5-9-30(34)44-27-25-42-23-21-40-19-17-38-15-13-36-11-12-37-14-16-39-18-20-41-22-24-43-26-28-45-31(35)10-7-6-8-29(32)33/h2-28H2,1H3,(H,32,33). The van der Waals surface area contributed by atoms with Crippen molar-refractivity contribution in [3.05, 3.63) is 0 Å². The Labute approximate surface area is 268 Å². The molecule has 0 fully saturated rings. The van der Waals surface area contributed by atoms with Crippen LogP contribution in [0.5, 0.6) is 0 Å². The van der Waals surface area contributed by atoms with E-state index >= 15 is 0 Å². The normalized spacial score (nSPS) is 11.1. The van der Waals surface area contributed by atoms with Gasteiger partial charge in [0.1, 0.15) is 13.2 Å². The van der Waals surface area contributed by atoms with E-state index in [0.29, 0.717) is 118 Å². The van der Waals surface area contributed by atoms with Crippen molar-refractivity contribution in [1.29, 1.82) is 0 Å². The molecule has 0 rings (SSSR count). The first-order chi connectivity index (χ1) is 22.1. The number of carboxylic acid groups (broad SMARTS) is 1. The number of aliphatic carboxylic acids is 1. The number of rotatable bonds is 37. The maximum Gasteiger partial charge on any atom is 0.305 e. The molecular weight excluding hydrogens is 596 g/mol. The highest BCUT2D eigenvalue weighted by atomic mass is 16.6. The number of unbranched alkanes of at least 4 members (excludes halogenated alkanes) is 4. The molecule has 0 bridgehead atoms. The Balaban J connectivity index is 3.14. The number of ether oxygens (including phenoxy) is 10. The highest BCUT2D eigenvalue weighted by Crippen LogP contribution is 2.03. The minimum atomic E-state index is -0.864. The van der Waals surface area contributed by atoms with Crippen LogP contribution in [0, 0.1) is 0 Å². The fourth-order valence-corrected chi connectivity index (χ4v) is 3.46. The summed E-state index contributed by atoms with van der Waals surface area (Å²) >= 11 is 0. The van der Waals surface area contributed by atoms with Gasteiger partial charge in [-0.1, -0.05) is 26.2 Å². The molecule has 0 heterocycles. The maximum absolute atomic E-state index is 11.5. The predicted octanol–water partition coefficient (Wildman–Crippen LogP) is 2.82. The van der Waals surface area contributed by atoms with E-state index in [4.69, 9.17) is 52.5 Å². The Kier molecular flexibility index (Phi) is 35.0. The zero-order valence-corrected chi connectivity index (χ0v) is 27.3. The molecule has 14 heteroatoms. The molecule has 0 atom stereocenters. The minimum absolute atomic E-state index is 0.0588. The van der Waals surface area contributed by atoms with Crippen molar-refractivity contribution in [2.75, 3.05) is 119 Å². The lowest BCUT2D eigenvalue weighted by atomic mass is 10.2. The Morgan fingerprint density at radius 1 is 0.378 bits per heavy atom. The monoisotopic (exact) mass is 654 g/mol. The molecule has 0 unspecified atom stereocenters. The fourth-order valence-electron chi connectivity index (χ4n) is 3.46. The van der Waals surface area contributed by atoms with Crippen LogP contribution in [0.15, 0.2) is 0 Å². The molecule has 0 aromatic carbocycles. The van der Waals surface area contributed by atoms with Gasteiger partial charge in [0.2, 0.25) is 0 Å². The zero-order valence-electron chi connectivity index (χ0n) is 27.3. The Morgan fingerprint density at radius 2 is 0.644 bits per heavy atom. The molecule has 0 aliphatic carbocycles. The second kappa shape index (κ2) is 36.6. The molecule has 0 aliphatic rings. The number of esters is 2. The first kappa shape index (κ1) is 43.1. The van der Waals surface area contributed by atoms with Crippen LogP contribution in [-0.4, -0.2) is 142 Å². The molecule has 14 nitrogen and oxygen atoms in total. The molecule has 0 radical (unpaired) electrons. The largest absolute Gasteiger partial charge is 0.481 e. The van der Waals surface area contributed by atoms with E-state index in [1.165, 1.54) is 0 Å². The van der Waals surface area contributed by atoms with E-state index in [2.05, 4.69) is 6.92 Å². The average molecular weight is 655 g/mol. The van der Waals surface area contributed by atoms with Crippen LogP contribution in [0.2, 0.25) is 0 Å². The molecule has 0 spiro atoms. The van der Waals surface area contributed by atoms with E-state index in [-0.39, 0.29) is 44.6 Å². The third kappa shape index (κ3) is 38.2. The lowest BCUT2D eigenvalue weighted by Crippen LogP contribution is -2.15. The molecule has 0 saturated carbocycles. The van der Waals surface area contributed by atoms with Gasteiger partial charge >= 0.3 is 17.9 Å². The van der Waals surface area contributed by atoms with E-state index in [9.17, 15) is 14.4 Å². The van der Waals surface area contributed by atoms with Gasteiger partial charge in [0.05, 0.1) is 106 Å². The maximum atomic E-state index is 11.5. The molecule has 0 saturated heterocycles. The van der Waals surface area contributed by atoms with Crippen LogP contribution in [0.25, 0.3) is 0 Å². The lowest BCUT2D eigenvalue weighted by molar-refractivity contribution is -0.146. The van der Waals surface area contributed by atoms with Gasteiger partial charge in [0, 0.05) is 19.3 Å². The molecule has 266 valence electrons. The van der Waals surface area contributed by atoms with Gasteiger partial charge < -0.3 is 52.5 Å². The quantitative estimate of drug-likeness (QED) is 0.0768. The van der Waals surface area contributed by atoms with Gasteiger partial charge in [0.25, 0.3) is 0 Å². The number of carboxylic acids is 1. The Bertz CT molecular complexity index is 664. The topological polar surface area (TPSA) is 164 Å². The smallest absolute Gasteiger partial charge is 0.305 e. The average Bonchev–Trinajstić information content (AvgIpc) is 3.02. The van der Waals surface area contributed by atoms with E-state index < -0.39 is 5.97 Å². The highest BCUT2D eigenvalue weighted by molar-refractivity contribution is 5.70. The zero-order chi connectivity index (χ0) is 32.9. The second-order valence-electron chi connectivity index (χ2n) is 9.75. The summed E-state index contributed by atoms with van der Waals surface area (Å²) in [5.41, 5.74) is 0. The summed E-state index contributed by atoms with van der Waals surface area (Å²) < 4.78 is 53.4. The molecule has 0 amide bonds. The van der Waals surface area contributed by atoms with Crippen molar-refractivity contribution in [1.82, 2.24) is 0 Å². The lowest BCUT2D eigenvalue weighted by Gasteiger charge is -2.09. The van der Waals surface area contributed by atoms with Crippen LogP contribution >= 0.6 is 0 Å². The number of hydrogen-bond donors (Lipinski definition) is 1. The number of carbonyl (C=O) groups is 3. The fraction of sp³-hybridized carbons (Fsp3) is 0.903. The highest BCUT2D eigenvalue weighted by Gasteiger charge is 2.04. The predicted molar refractivity (Wildman–Crippen MR) is 163 cm³/mol. The summed E-state index contributed by atoms with van der Waals surface area (Å²) in [6, 6.07) is 0. The molecule has 0 aromatic rings. The van der Waals surface area contributed by atoms with E-state index in [0.717, 1.165) is 25.7 Å². The third-order valence-corrected chi connectivity index (χ3v) is 5.84. The van der Waals surface area contributed by atoms with Crippen LogP contribution in [-0.2, 0) is 61.8 Å². The van der Waals surface area contributed by atoms with Gasteiger partial charge in [-0.25, -0.2) is 0 Å². The summed E-state index contributed by atoms with van der Waals surface area (Å²) in [5.74, 6) is -1.37. The number of hydrogen-bond acceptors (Lipinski definition) is 13. The van der Waals surface area contributed by atoms with Crippen LogP contribution in [0.1, 0.15) is 64.7 Å². The molecule has 0 aromatic heterocycles.